The van der Waals surface area contributed by atoms with E-state index >= 15 is 0 Å². The van der Waals surface area contributed by atoms with Crippen LogP contribution in [0.3, 0.4) is 0 Å². The molecule has 7 heteroatoms. The molecule has 1 aliphatic rings. The van der Waals surface area contributed by atoms with Crippen molar-refractivity contribution in [3.63, 3.8) is 0 Å². The first kappa shape index (κ1) is 16.1. The van der Waals surface area contributed by atoms with Crippen LogP contribution in [0, 0.1) is 6.92 Å². The number of aromatic nitrogens is 3. The molecular weight excluding hydrogens is 334 g/mol. The number of rotatable bonds is 3. The van der Waals surface area contributed by atoms with E-state index in [1.165, 1.54) is 10.3 Å². The molecule has 0 radical (unpaired) electrons. The second-order valence-electron chi connectivity index (χ2n) is 6.57. The number of nitrogens with zero attached hydrogens (tertiary/aromatic N) is 4. The molecule has 1 N–H and O–H groups in total. The predicted molar refractivity (Wildman–Crippen MR) is 100 cm³/mol. The fourth-order valence-electron chi connectivity index (χ4n) is 3.28. The van der Waals surface area contributed by atoms with Crippen LogP contribution >= 0.6 is 11.3 Å². The Morgan fingerprint density at radius 2 is 2.24 bits per heavy atom. The number of anilines is 1. The van der Waals surface area contributed by atoms with Gasteiger partial charge in [0.25, 0.3) is 5.91 Å². The van der Waals surface area contributed by atoms with Crippen molar-refractivity contribution in [1.82, 2.24) is 20.1 Å². The highest BCUT2D eigenvalue weighted by Gasteiger charge is 2.24. The predicted octanol–water partition coefficient (Wildman–Crippen LogP) is 2.74. The van der Waals surface area contributed by atoms with Crippen LogP contribution in [0.1, 0.15) is 28.9 Å². The molecule has 1 aliphatic heterocycles. The molecule has 1 atom stereocenters. The summed E-state index contributed by atoms with van der Waals surface area (Å²) in [4.78, 5) is 19.5. The van der Waals surface area contributed by atoms with Gasteiger partial charge in [-0.3, -0.25) is 9.48 Å². The highest BCUT2D eigenvalue weighted by Crippen LogP contribution is 2.31. The molecule has 1 unspecified atom stereocenters. The zero-order valence-corrected chi connectivity index (χ0v) is 15.2. The molecule has 4 rings (SSSR count). The Kier molecular flexibility index (Phi) is 4.17. The zero-order valence-electron chi connectivity index (χ0n) is 14.4. The van der Waals surface area contributed by atoms with E-state index in [0.29, 0.717) is 5.69 Å². The minimum Gasteiger partial charge on any atom is -0.346 e. The lowest BCUT2D eigenvalue weighted by Crippen LogP contribution is -2.48. The lowest BCUT2D eigenvalue weighted by atomic mass is 10.1. The molecule has 1 amide bonds. The molecule has 1 saturated heterocycles. The summed E-state index contributed by atoms with van der Waals surface area (Å²) >= 11 is 1.73. The van der Waals surface area contributed by atoms with Gasteiger partial charge in [-0.05, 0) is 43.5 Å². The second-order valence-corrected chi connectivity index (χ2v) is 7.58. The van der Waals surface area contributed by atoms with Crippen LogP contribution in [0.5, 0.6) is 0 Å². The van der Waals surface area contributed by atoms with Gasteiger partial charge in [0, 0.05) is 32.4 Å². The zero-order chi connectivity index (χ0) is 17.4. The number of hydrogen-bond donors (Lipinski definition) is 1. The number of nitrogens with one attached hydrogen (secondary N) is 1. The van der Waals surface area contributed by atoms with Crippen LogP contribution in [-0.4, -0.2) is 39.8 Å². The molecule has 2 aromatic heterocycles. The van der Waals surface area contributed by atoms with Crippen molar-refractivity contribution in [1.29, 1.82) is 0 Å². The van der Waals surface area contributed by atoms with Gasteiger partial charge < -0.3 is 10.2 Å². The number of benzene rings is 1. The van der Waals surface area contributed by atoms with Crippen LogP contribution in [-0.2, 0) is 7.05 Å². The monoisotopic (exact) mass is 355 g/mol. The Balaban J connectivity index is 1.48. The van der Waals surface area contributed by atoms with Crippen molar-refractivity contribution in [2.75, 3.05) is 18.0 Å². The summed E-state index contributed by atoms with van der Waals surface area (Å²) in [5, 5.41) is 8.24. The van der Waals surface area contributed by atoms with Crippen molar-refractivity contribution in [3.05, 3.63) is 41.7 Å². The standard InChI is InChI=1S/C18H21N5OS/c1-12-5-6-14-16(10-12)25-18(21-14)23-9-3-4-13(11-23)20-17(24)15-7-8-19-22(15)2/h5-8,10,13H,3-4,9,11H2,1-2H3,(H,20,24). The van der Waals surface area contributed by atoms with Crippen LogP contribution in [0.4, 0.5) is 5.13 Å². The minimum absolute atomic E-state index is 0.0632. The number of piperidine rings is 1. The number of thiazole rings is 1. The fourth-order valence-corrected chi connectivity index (χ4v) is 4.38. The summed E-state index contributed by atoms with van der Waals surface area (Å²) in [7, 11) is 1.78. The van der Waals surface area contributed by atoms with Crippen LogP contribution in [0.25, 0.3) is 10.2 Å². The molecule has 1 aromatic carbocycles. The number of aryl methyl sites for hydroxylation is 2. The first-order valence-corrected chi connectivity index (χ1v) is 9.33. The van der Waals surface area contributed by atoms with E-state index in [4.69, 9.17) is 4.98 Å². The summed E-state index contributed by atoms with van der Waals surface area (Å²) in [5.74, 6) is -0.0632. The smallest absolute Gasteiger partial charge is 0.269 e. The third kappa shape index (κ3) is 3.24. The quantitative estimate of drug-likeness (QED) is 0.785. The normalized spacial score (nSPS) is 17.8. The first-order chi connectivity index (χ1) is 12.1. The van der Waals surface area contributed by atoms with E-state index in [9.17, 15) is 4.79 Å². The number of carbonyl (C=O) groups excluding carboxylic acids is 1. The van der Waals surface area contributed by atoms with Gasteiger partial charge in [0.05, 0.1) is 10.2 Å². The number of fused-ring (bicyclic) bond motifs is 1. The fraction of sp³-hybridized carbons (Fsp3) is 0.389. The Bertz CT molecular complexity index is 915. The third-order valence-corrected chi connectivity index (χ3v) is 5.69. The SMILES string of the molecule is Cc1ccc2nc(N3CCCC(NC(=O)c4ccnn4C)C3)sc2c1. The molecule has 0 spiro atoms. The van der Waals surface area contributed by atoms with Crippen molar-refractivity contribution in [2.24, 2.45) is 7.05 Å². The molecule has 0 bridgehead atoms. The summed E-state index contributed by atoms with van der Waals surface area (Å²) < 4.78 is 2.82. The Labute approximate surface area is 150 Å². The molecule has 3 aromatic rings. The van der Waals surface area contributed by atoms with E-state index < -0.39 is 0 Å². The van der Waals surface area contributed by atoms with Crippen LogP contribution in [0.15, 0.2) is 30.5 Å². The third-order valence-electron chi connectivity index (χ3n) is 4.61. The summed E-state index contributed by atoms with van der Waals surface area (Å²) in [6, 6.07) is 8.23. The van der Waals surface area contributed by atoms with Gasteiger partial charge >= 0.3 is 0 Å². The van der Waals surface area contributed by atoms with Crippen molar-refractivity contribution in [3.8, 4) is 0 Å². The Morgan fingerprint density at radius 3 is 3.04 bits per heavy atom. The molecule has 0 saturated carbocycles. The molecule has 3 heterocycles. The average Bonchev–Trinajstić information content (AvgIpc) is 3.20. The van der Waals surface area contributed by atoms with Crippen molar-refractivity contribution in [2.45, 2.75) is 25.8 Å². The van der Waals surface area contributed by atoms with Crippen molar-refractivity contribution >= 4 is 32.6 Å². The molecule has 130 valence electrons. The van der Waals surface area contributed by atoms with Gasteiger partial charge in [0.15, 0.2) is 5.13 Å². The summed E-state index contributed by atoms with van der Waals surface area (Å²) in [6.45, 7) is 3.88. The van der Waals surface area contributed by atoms with Gasteiger partial charge in [-0.25, -0.2) is 4.98 Å². The van der Waals surface area contributed by atoms with Gasteiger partial charge in [0.2, 0.25) is 0 Å². The highest BCUT2D eigenvalue weighted by atomic mass is 32.1. The van der Waals surface area contributed by atoms with Crippen LogP contribution in [0.2, 0.25) is 0 Å². The topological polar surface area (TPSA) is 63.1 Å². The van der Waals surface area contributed by atoms with Gasteiger partial charge in [-0.2, -0.15) is 5.10 Å². The maximum atomic E-state index is 12.4. The van der Waals surface area contributed by atoms with Gasteiger partial charge in [-0.15, -0.1) is 0 Å². The van der Waals surface area contributed by atoms with Crippen molar-refractivity contribution < 1.29 is 4.79 Å². The number of amides is 1. The number of hydrogen-bond acceptors (Lipinski definition) is 5. The largest absolute Gasteiger partial charge is 0.346 e. The van der Waals surface area contributed by atoms with Gasteiger partial charge in [-0.1, -0.05) is 17.4 Å². The lowest BCUT2D eigenvalue weighted by molar-refractivity contribution is 0.0923. The molecular formula is C18H21N5OS. The van der Waals surface area contributed by atoms with E-state index in [0.717, 1.165) is 36.6 Å². The molecule has 0 aliphatic carbocycles. The van der Waals surface area contributed by atoms with Gasteiger partial charge in [0.1, 0.15) is 5.69 Å². The van der Waals surface area contributed by atoms with E-state index in [1.807, 2.05) is 0 Å². The highest BCUT2D eigenvalue weighted by molar-refractivity contribution is 7.22. The van der Waals surface area contributed by atoms with E-state index in [2.05, 4.69) is 40.4 Å². The number of carbonyl (C=O) groups is 1. The Hall–Kier alpha value is -2.41. The first-order valence-electron chi connectivity index (χ1n) is 8.51. The summed E-state index contributed by atoms with van der Waals surface area (Å²) in [6.07, 6.45) is 3.68. The Morgan fingerprint density at radius 1 is 1.36 bits per heavy atom. The maximum Gasteiger partial charge on any atom is 0.269 e. The van der Waals surface area contributed by atoms with Crippen LogP contribution < -0.4 is 10.2 Å². The second kappa shape index (κ2) is 6.48. The minimum atomic E-state index is -0.0632. The maximum absolute atomic E-state index is 12.4. The summed E-state index contributed by atoms with van der Waals surface area (Å²) in [5.41, 5.74) is 2.89. The lowest BCUT2D eigenvalue weighted by Gasteiger charge is -2.32. The molecule has 1 fully saturated rings. The average molecular weight is 355 g/mol. The molecule has 6 nitrogen and oxygen atoms in total. The van der Waals surface area contributed by atoms with E-state index in [1.54, 1.807) is 35.3 Å². The molecule has 25 heavy (non-hydrogen) atoms. The van der Waals surface area contributed by atoms with E-state index in [-0.39, 0.29) is 11.9 Å².